The number of nitrogens with one attached hydrogen (secondary N) is 1. The molecule has 0 spiro atoms. The van der Waals surface area contributed by atoms with E-state index in [1.165, 1.54) is 32.6 Å². The average Bonchev–Trinajstić information content (AvgIpc) is 3.44. The van der Waals surface area contributed by atoms with Gasteiger partial charge in [0.05, 0.1) is 26.1 Å². The van der Waals surface area contributed by atoms with Gasteiger partial charge in [0.2, 0.25) is 18.3 Å². The summed E-state index contributed by atoms with van der Waals surface area (Å²) < 4.78 is 35.7. The molecular weight excluding hydrogens is 439 g/mol. The van der Waals surface area contributed by atoms with Gasteiger partial charge in [0, 0.05) is 24.0 Å². The van der Waals surface area contributed by atoms with Crippen molar-refractivity contribution in [3.8, 4) is 23.0 Å². The second-order valence-corrected chi connectivity index (χ2v) is 7.38. The molecule has 0 saturated carbocycles. The van der Waals surface area contributed by atoms with Crippen molar-refractivity contribution in [3.05, 3.63) is 46.8 Å². The summed E-state index contributed by atoms with van der Waals surface area (Å²) >= 11 is 4.81. The molecule has 0 aromatic heterocycles. The van der Waals surface area contributed by atoms with Gasteiger partial charge in [0.15, 0.2) is 16.6 Å². The van der Waals surface area contributed by atoms with E-state index in [1.807, 2.05) is 0 Å². The molecule has 2 aliphatic rings. The first-order chi connectivity index (χ1) is 15.5. The molecule has 0 aliphatic carbocycles. The smallest absolute Gasteiger partial charge is 0.231 e. The Kier molecular flexibility index (Phi) is 6.26. The van der Waals surface area contributed by atoms with Crippen LogP contribution in [0.15, 0.2) is 34.5 Å². The first kappa shape index (κ1) is 21.6. The van der Waals surface area contributed by atoms with Gasteiger partial charge in [0.1, 0.15) is 11.9 Å². The van der Waals surface area contributed by atoms with Gasteiger partial charge in [-0.1, -0.05) is 17.3 Å². The lowest BCUT2D eigenvalue weighted by molar-refractivity contribution is 0.0853. The van der Waals surface area contributed by atoms with Crippen LogP contribution in [0.3, 0.4) is 0 Å². The van der Waals surface area contributed by atoms with Gasteiger partial charge < -0.3 is 29.5 Å². The Morgan fingerprint density at radius 1 is 1.25 bits per heavy atom. The molecule has 168 valence electrons. The number of ether oxygens (including phenoxy) is 4. The molecule has 2 aliphatic heterocycles. The summed E-state index contributed by atoms with van der Waals surface area (Å²) in [4.78, 5) is 5.67. The van der Waals surface area contributed by atoms with Crippen LogP contribution in [0.1, 0.15) is 23.1 Å². The van der Waals surface area contributed by atoms with E-state index in [1.54, 1.807) is 12.1 Å². The van der Waals surface area contributed by atoms with Gasteiger partial charge in [-0.15, -0.1) is 0 Å². The fourth-order valence-corrected chi connectivity index (χ4v) is 3.68. The van der Waals surface area contributed by atoms with Crippen molar-refractivity contribution in [2.75, 3.05) is 21.0 Å². The van der Waals surface area contributed by atoms with E-state index >= 15 is 0 Å². The van der Waals surface area contributed by atoms with Crippen molar-refractivity contribution in [1.29, 1.82) is 0 Å². The van der Waals surface area contributed by atoms with Crippen LogP contribution in [0.2, 0.25) is 0 Å². The Labute approximate surface area is 188 Å². The van der Waals surface area contributed by atoms with E-state index in [0.717, 1.165) is 16.8 Å². The molecule has 3 N–H and O–H groups in total. The highest BCUT2D eigenvalue weighted by Crippen LogP contribution is 2.52. The number of methoxy groups -OCH3 is 2. The lowest BCUT2D eigenvalue weighted by Gasteiger charge is -2.19. The molecule has 4 rings (SSSR count). The number of benzene rings is 2. The number of halogens is 1. The van der Waals surface area contributed by atoms with Gasteiger partial charge >= 0.3 is 0 Å². The SMILES string of the molecule is COc1c(/C=N\NC(N)=S)c(CC2CC(c3ccc(F)cc3)=NO2)c(OC)c2c1OCO2. The minimum Gasteiger partial charge on any atom is -0.492 e. The Morgan fingerprint density at radius 2 is 1.94 bits per heavy atom. The third-order valence-corrected chi connectivity index (χ3v) is 5.08. The molecule has 2 heterocycles. The molecule has 9 nitrogen and oxygen atoms in total. The van der Waals surface area contributed by atoms with Gasteiger partial charge in [-0.3, -0.25) is 5.43 Å². The summed E-state index contributed by atoms with van der Waals surface area (Å²) in [6.45, 7) is 0.0327. The van der Waals surface area contributed by atoms with Gasteiger partial charge in [-0.2, -0.15) is 5.10 Å². The number of oxime groups is 1. The molecule has 0 fully saturated rings. The van der Waals surface area contributed by atoms with E-state index in [0.29, 0.717) is 41.4 Å². The Hall–Kier alpha value is -3.60. The van der Waals surface area contributed by atoms with Gasteiger partial charge in [-0.25, -0.2) is 4.39 Å². The highest BCUT2D eigenvalue weighted by Gasteiger charge is 2.33. The fourth-order valence-electron chi connectivity index (χ4n) is 3.63. The number of thiocarbonyl (C=S) groups is 1. The van der Waals surface area contributed by atoms with E-state index in [2.05, 4.69) is 15.7 Å². The molecule has 2 aromatic carbocycles. The highest BCUT2D eigenvalue weighted by molar-refractivity contribution is 7.80. The lowest BCUT2D eigenvalue weighted by atomic mass is 9.95. The number of hydrogen-bond acceptors (Lipinski definition) is 8. The lowest BCUT2D eigenvalue weighted by Crippen LogP contribution is -2.24. The second-order valence-electron chi connectivity index (χ2n) is 6.94. The number of hydrogen-bond donors (Lipinski definition) is 2. The molecule has 0 saturated heterocycles. The molecule has 11 heteroatoms. The topological polar surface area (TPSA) is 109 Å². The zero-order valence-electron chi connectivity index (χ0n) is 17.4. The maximum absolute atomic E-state index is 13.2. The van der Waals surface area contributed by atoms with Crippen LogP contribution in [0.25, 0.3) is 0 Å². The van der Waals surface area contributed by atoms with E-state index in [-0.39, 0.29) is 23.8 Å². The van der Waals surface area contributed by atoms with E-state index in [4.69, 9.17) is 41.7 Å². The minimum atomic E-state index is -0.309. The maximum atomic E-state index is 13.2. The molecule has 1 atom stereocenters. The van der Waals surface area contributed by atoms with E-state index < -0.39 is 0 Å². The average molecular weight is 460 g/mol. The fraction of sp³-hybridized carbons (Fsp3) is 0.286. The van der Waals surface area contributed by atoms with Crippen LogP contribution in [0.5, 0.6) is 23.0 Å². The minimum absolute atomic E-state index is 0.0194. The summed E-state index contributed by atoms with van der Waals surface area (Å²) in [5, 5.41) is 8.28. The van der Waals surface area contributed by atoms with Crippen LogP contribution >= 0.6 is 12.2 Å². The van der Waals surface area contributed by atoms with Crippen LogP contribution in [0, 0.1) is 5.82 Å². The van der Waals surface area contributed by atoms with Crippen molar-refractivity contribution >= 4 is 29.3 Å². The number of nitrogens with two attached hydrogens (primary N) is 1. The van der Waals surface area contributed by atoms with Crippen molar-refractivity contribution < 1.29 is 28.2 Å². The van der Waals surface area contributed by atoms with Gasteiger partial charge in [0.25, 0.3) is 0 Å². The first-order valence-electron chi connectivity index (χ1n) is 9.65. The quantitative estimate of drug-likeness (QED) is 0.369. The molecular formula is C21H21FN4O5S. The highest BCUT2D eigenvalue weighted by atomic mass is 32.1. The van der Waals surface area contributed by atoms with Crippen LogP contribution in [-0.4, -0.2) is 44.2 Å². The predicted octanol–water partition coefficient (Wildman–Crippen LogP) is 2.47. The standard InChI is InChI=1S/C21H21FN4O5S/c1-27-17-14(7-13-8-16(26-31-13)11-3-5-12(22)6-4-11)15(9-24-25-21(23)32)18(28-2)20-19(17)29-10-30-20/h3-6,9,13H,7-8,10H2,1-2H3,(H3,23,25,32)/b24-9-. The van der Waals surface area contributed by atoms with Crippen LogP contribution in [-0.2, 0) is 11.3 Å². The Morgan fingerprint density at radius 3 is 2.59 bits per heavy atom. The second kappa shape index (κ2) is 9.27. The van der Waals surface area contributed by atoms with Crippen LogP contribution in [0.4, 0.5) is 4.39 Å². The zero-order chi connectivity index (χ0) is 22.7. The summed E-state index contributed by atoms with van der Waals surface area (Å²) in [5.74, 6) is 1.46. The van der Waals surface area contributed by atoms with E-state index in [9.17, 15) is 4.39 Å². The zero-order valence-corrected chi connectivity index (χ0v) is 18.2. The number of hydrazone groups is 1. The molecule has 2 aromatic rings. The van der Waals surface area contributed by atoms with Gasteiger partial charge in [-0.05, 0) is 29.9 Å². The molecule has 0 amide bonds. The largest absolute Gasteiger partial charge is 0.492 e. The third kappa shape index (κ3) is 4.24. The molecule has 1 unspecified atom stereocenters. The normalized spacial score (nSPS) is 16.6. The van der Waals surface area contributed by atoms with Crippen molar-refractivity contribution in [3.63, 3.8) is 0 Å². The van der Waals surface area contributed by atoms with Crippen molar-refractivity contribution in [1.82, 2.24) is 5.43 Å². The summed E-state index contributed by atoms with van der Waals surface area (Å²) in [6.07, 6.45) is 2.14. The number of nitrogens with zero attached hydrogens (tertiary/aromatic N) is 2. The molecule has 0 radical (unpaired) electrons. The molecule has 32 heavy (non-hydrogen) atoms. The summed E-state index contributed by atoms with van der Waals surface area (Å²) in [5.41, 5.74) is 10.8. The number of rotatable bonds is 7. The van der Waals surface area contributed by atoms with Crippen LogP contribution < -0.4 is 30.1 Å². The first-order valence-corrected chi connectivity index (χ1v) is 10.1. The Bertz CT molecular complexity index is 1090. The molecule has 0 bridgehead atoms. The maximum Gasteiger partial charge on any atom is 0.231 e. The monoisotopic (exact) mass is 460 g/mol. The summed E-state index contributed by atoms with van der Waals surface area (Å²) in [6, 6.07) is 6.12. The predicted molar refractivity (Wildman–Crippen MR) is 119 cm³/mol. The number of fused-ring (bicyclic) bond motifs is 1. The van der Waals surface area contributed by atoms with Crippen molar-refractivity contribution in [2.45, 2.75) is 18.9 Å². The Balaban J connectivity index is 1.67. The summed E-state index contributed by atoms with van der Waals surface area (Å²) in [7, 11) is 3.06. The third-order valence-electron chi connectivity index (χ3n) is 4.99. The van der Waals surface area contributed by atoms with Crippen molar-refractivity contribution in [2.24, 2.45) is 16.0 Å².